The molecule has 0 aromatic heterocycles. The van der Waals surface area contributed by atoms with Crippen molar-refractivity contribution in [1.82, 2.24) is 0 Å². The molecule has 2 aliphatic rings. The van der Waals surface area contributed by atoms with Gasteiger partial charge < -0.3 is 4.74 Å². The zero-order chi connectivity index (χ0) is 9.53. The second kappa shape index (κ2) is 2.98. The zero-order valence-electron chi connectivity index (χ0n) is 9.23. The lowest BCUT2D eigenvalue weighted by Crippen LogP contribution is -2.46. The van der Waals surface area contributed by atoms with Gasteiger partial charge in [-0.15, -0.1) is 0 Å². The summed E-state index contributed by atoms with van der Waals surface area (Å²) >= 11 is 0. The number of ether oxygens (including phenoxy) is 1. The van der Waals surface area contributed by atoms with Crippen molar-refractivity contribution in [3.05, 3.63) is 0 Å². The molecular weight excluding hydrogens is 160 g/mol. The van der Waals surface area contributed by atoms with Gasteiger partial charge >= 0.3 is 0 Å². The van der Waals surface area contributed by atoms with Crippen LogP contribution in [0.15, 0.2) is 0 Å². The molecule has 2 fully saturated rings. The molecule has 0 radical (unpaired) electrons. The van der Waals surface area contributed by atoms with Crippen LogP contribution in [-0.4, -0.2) is 13.2 Å². The first-order valence-electron chi connectivity index (χ1n) is 5.60. The predicted molar refractivity (Wildman–Crippen MR) is 54.7 cm³/mol. The lowest BCUT2D eigenvalue weighted by molar-refractivity contribution is -0.141. The summed E-state index contributed by atoms with van der Waals surface area (Å²) in [6, 6.07) is 0. The maximum atomic E-state index is 5.34. The Morgan fingerprint density at radius 3 is 1.92 bits per heavy atom. The first-order valence-corrected chi connectivity index (χ1v) is 5.60. The third-order valence-electron chi connectivity index (χ3n) is 4.09. The van der Waals surface area contributed by atoms with Gasteiger partial charge in [-0.05, 0) is 37.0 Å². The van der Waals surface area contributed by atoms with Gasteiger partial charge in [-0.1, -0.05) is 20.8 Å². The van der Waals surface area contributed by atoms with Gasteiger partial charge in [0.1, 0.15) is 0 Å². The van der Waals surface area contributed by atoms with E-state index in [1.165, 1.54) is 25.7 Å². The van der Waals surface area contributed by atoms with E-state index in [1.54, 1.807) is 0 Å². The highest BCUT2D eigenvalue weighted by Crippen LogP contribution is 2.48. The summed E-state index contributed by atoms with van der Waals surface area (Å²) in [6.45, 7) is 9.24. The molecular formula is C12H22O. The minimum atomic E-state index is 0.520. The Morgan fingerprint density at radius 1 is 1.08 bits per heavy atom. The molecule has 0 unspecified atom stereocenters. The average Bonchev–Trinajstić information content (AvgIpc) is 2.00. The van der Waals surface area contributed by atoms with Crippen LogP contribution in [0, 0.1) is 16.7 Å². The second-order valence-electron chi connectivity index (χ2n) is 6.13. The molecule has 13 heavy (non-hydrogen) atoms. The van der Waals surface area contributed by atoms with Crippen molar-refractivity contribution in [2.45, 2.75) is 46.5 Å². The van der Waals surface area contributed by atoms with E-state index in [0.717, 1.165) is 19.1 Å². The summed E-state index contributed by atoms with van der Waals surface area (Å²) in [4.78, 5) is 0. The molecule has 0 N–H and O–H groups in total. The SMILES string of the molecule is CC(C)(C)C1CCC2(CC1)COC2. The fraction of sp³-hybridized carbons (Fsp3) is 1.00. The zero-order valence-corrected chi connectivity index (χ0v) is 9.23. The van der Waals surface area contributed by atoms with Crippen LogP contribution in [0.25, 0.3) is 0 Å². The molecule has 0 aromatic carbocycles. The summed E-state index contributed by atoms with van der Waals surface area (Å²) in [7, 11) is 0. The second-order valence-corrected chi connectivity index (χ2v) is 6.13. The molecule has 0 aromatic rings. The molecule has 0 amide bonds. The molecule has 1 heteroatoms. The van der Waals surface area contributed by atoms with Gasteiger partial charge in [-0.3, -0.25) is 0 Å². The third kappa shape index (κ3) is 1.76. The van der Waals surface area contributed by atoms with E-state index in [1.807, 2.05) is 0 Å². The van der Waals surface area contributed by atoms with E-state index >= 15 is 0 Å². The van der Waals surface area contributed by atoms with E-state index in [2.05, 4.69) is 20.8 Å². The molecule has 1 nitrogen and oxygen atoms in total. The van der Waals surface area contributed by atoms with Gasteiger partial charge in [-0.2, -0.15) is 0 Å². The van der Waals surface area contributed by atoms with E-state index in [4.69, 9.17) is 4.74 Å². The smallest absolute Gasteiger partial charge is 0.0544 e. The molecule has 1 spiro atoms. The van der Waals surface area contributed by atoms with Crippen LogP contribution in [0.4, 0.5) is 0 Å². The lowest BCUT2D eigenvalue weighted by Gasteiger charge is -2.48. The first kappa shape index (κ1) is 9.51. The van der Waals surface area contributed by atoms with Crippen LogP contribution in [0.2, 0.25) is 0 Å². The molecule has 1 saturated carbocycles. The van der Waals surface area contributed by atoms with E-state index in [-0.39, 0.29) is 0 Å². The number of rotatable bonds is 0. The Bertz CT molecular complexity index is 176. The Kier molecular flexibility index (Phi) is 2.18. The lowest BCUT2D eigenvalue weighted by atomic mass is 9.63. The monoisotopic (exact) mass is 182 g/mol. The number of hydrogen-bond acceptors (Lipinski definition) is 1. The third-order valence-corrected chi connectivity index (χ3v) is 4.09. The molecule has 76 valence electrons. The average molecular weight is 182 g/mol. The van der Waals surface area contributed by atoms with Gasteiger partial charge in [0.2, 0.25) is 0 Å². The topological polar surface area (TPSA) is 9.23 Å². The van der Waals surface area contributed by atoms with Crippen LogP contribution >= 0.6 is 0 Å². The van der Waals surface area contributed by atoms with Crippen LogP contribution < -0.4 is 0 Å². The standard InChI is InChI=1S/C12H22O/c1-11(2,3)10-4-6-12(7-5-10)8-13-9-12/h10H,4-9H2,1-3H3. The minimum Gasteiger partial charge on any atom is -0.380 e. The summed E-state index contributed by atoms with van der Waals surface area (Å²) < 4.78 is 5.34. The van der Waals surface area contributed by atoms with Crippen LogP contribution in [0.1, 0.15) is 46.5 Å². The van der Waals surface area contributed by atoms with Gasteiger partial charge in [0, 0.05) is 5.41 Å². The van der Waals surface area contributed by atoms with Gasteiger partial charge in [0.25, 0.3) is 0 Å². The fourth-order valence-corrected chi connectivity index (χ4v) is 2.78. The van der Waals surface area contributed by atoms with E-state index in [0.29, 0.717) is 10.8 Å². The Balaban J connectivity index is 1.89. The van der Waals surface area contributed by atoms with Crippen molar-refractivity contribution in [1.29, 1.82) is 0 Å². The normalized spacial score (nSPS) is 28.8. The minimum absolute atomic E-state index is 0.520. The Morgan fingerprint density at radius 2 is 1.62 bits per heavy atom. The Hall–Kier alpha value is -0.0400. The largest absolute Gasteiger partial charge is 0.380 e. The fourth-order valence-electron chi connectivity index (χ4n) is 2.78. The number of hydrogen-bond donors (Lipinski definition) is 0. The van der Waals surface area contributed by atoms with Crippen LogP contribution in [0.3, 0.4) is 0 Å². The van der Waals surface area contributed by atoms with Crippen molar-refractivity contribution in [3.8, 4) is 0 Å². The van der Waals surface area contributed by atoms with E-state index in [9.17, 15) is 0 Å². The summed E-state index contributed by atoms with van der Waals surface area (Å²) in [5.74, 6) is 0.943. The maximum absolute atomic E-state index is 5.34. The predicted octanol–water partition coefficient (Wildman–Crippen LogP) is 3.24. The van der Waals surface area contributed by atoms with Crippen molar-refractivity contribution in [2.24, 2.45) is 16.7 Å². The van der Waals surface area contributed by atoms with Gasteiger partial charge in [0.15, 0.2) is 0 Å². The molecule has 0 bridgehead atoms. The molecule has 1 aliphatic heterocycles. The molecule has 2 rings (SSSR count). The molecule has 1 saturated heterocycles. The van der Waals surface area contributed by atoms with Crippen molar-refractivity contribution >= 4 is 0 Å². The van der Waals surface area contributed by atoms with Gasteiger partial charge in [-0.25, -0.2) is 0 Å². The van der Waals surface area contributed by atoms with Crippen molar-refractivity contribution in [3.63, 3.8) is 0 Å². The maximum Gasteiger partial charge on any atom is 0.0544 e. The highest BCUT2D eigenvalue weighted by molar-refractivity contribution is 4.92. The molecule has 0 atom stereocenters. The molecule has 1 aliphatic carbocycles. The highest BCUT2D eigenvalue weighted by Gasteiger charge is 2.43. The van der Waals surface area contributed by atoms with E-state index < -0.39 is 0 Å². The van der Waals surface area contributed by atoms with Crippen molar-refractivity contribution in [2.75, 3.05) is 13.2 Å². The Labute approximate surface area is 81.9 Å². The van der Waals surface area contributed by atoms with Gasteiger partial charge in [0.05, 0.1) is 13.2 Å². The quantitative estimate of drug-likeness (QED) is 0.559. The molecule has 1 heterocycles. The van der Waals surface area contributed by atoms with Crippen molar-refractivity contribution < 1.29 is 4.74 Å². The van der Waals surface area contributed by atoms with Crippen LogP contribution in [-0.2, 0) is 4.74 Å². The summed E-state index contributed by atoms with van der Waals surface area (Å²) in [5, 5.41) is 0. The van der Waals surface area contributed by atoms with Crippen LogP contribution in [0.5, 0.6) is 0 Å². The highest BCUT2D eigenvalue weighted by atomic mass is 16.5. The first-order chi connectivity index (χ1) is 6.02. The summed E-state index contributed by atoms with van der Waals surface area (Å²) in [5.41, 5.74) is 1.15. The summed E-state index contributed by atoms with van der Waals surface area (Å²) in [6.07, 6.45) is 5.67.